The van der Waals surface area contributed by atoms with Crippen molar-refractivity contribution in [2.45, 2.75) is 18.4 Å². The van der Waals surface area contributed by atoms with Crippen LogP contribution in [0.15, 0.2) is 48.5 Å². The molecule has 114 valence electrons. The molecule has 0 saturated carbocycles. The van der Waals surface area contributed by atoms with Crippen LogP contribution in [-0.2, 0) is 6.42 Å². The van der Waals surface area contributed by atoms with Crippen LogP contribution in [0, 0.1) is 0 Å². The van der Waals surface area contributed by atoms with Crippen molar-refractivity contribution < 1.29 is 0 Å². The maximum absolute atomic E-state index is 2.69. The molecule has 0 fully saturated rings. The van der Waals surface area contributed by atoms with Crippen LogP contribution in [-0.4, -0.2) is 43.5 Å². The summed E-state index contributed by atoms with van der Waals surface area (Å²) in [5.41, 5.74) is 6.17. The minimum Gasteiger partial charge on any atom is -0.308 e. The SMILES string of the molecule is CN(C)CCN1CC2Cc3ccccc3C1c1ccccc12. The molecular weight excluding hydrogens is 268 g/mol. The zero-order chi connectivity index (χ0) is 15.1. The molecule has 0 amide bonds. The Bertz CT molecular complexity index is 677. The van der Waals surface area contributed by atoms with Crippen LogP contribution in [0.25, 0.3) is 0 Å². The molecule has 2 nitrogen and oxygen atoms in total. The third-order valence-electron chi connectivity index (χ3n) is 5.20. The lowest BCUT2D eigenvalue weighted by Gasteiger charge is -2.39. The predicted octanol–water partition coefficient (Wildman–Crippen LogP) is 3.29. The number of nitrogens with zero attached hydrogens (tertiary/aromatic N) is 2. The summed E-state index contributed by atoms with van der Waals surface area (Å²) < 4.78 is 0. The molecule has 0 N–H and O–H groups in total. The van der Waals surface area contributed by atoms with E-state index in [-0.39, 0.29) is 0 Å². The minimum atomic E-state index is 0.436. The summed E-state index contributed by atoms with van der Waals surface area (Å²) in [7, 11) is 4.33. The van der Waals surface area contributed by atoms with Crippen molar-refractivity contribution in [3.63, 3.8) is 0 Å². The van der Waals surface area contributed by atoms with E-state index >= 15 is 0 Å². The van der Waals surface area contributed by atoms with E-state index in [4.69, 9.17) is 0 Å². The Morgan fingerprint density at radius 1 is 0.955 bits per heavy atom. The molecule has 2 aromatic rings. The maximum atomic E-state index is 2.69. The molecule has 0 saturated heterocycles. The lowest BCUT2D eigenvalue weighted by Crippen LogP contribution is -2.40. The van der Waals surface area contributed by atoms with E-state index in [2.05, 4.69) is 72.4 Å². The largest absolute Gasteiger partial charge is 0.308 e. The molecule has 2 aliphatic heterocycles. The van der Waals surface area contributed by atoms with Gasteiger partial charge in [0.2, 0.25) is 0 Å². The Morgan fingerprint density at radius 2 is 1.64 bits per heavy atom. The van der Waals surface area contributed by atoms with Crippen molar-refractivity contribution in [1.29, 1.82) is 0 Å². The molecule has 2 heteroatoms. The quantitative estimate of drug-likeness (QED) is 0.856. The van der Waals surface area contributed by atoms with Gasteiger partial charge >= 0.3 is 0 Å². The van der Waals surface area contributed by atoms with E-state index in [0.29, 0.717) is 12.0 Å². The van der Waals surface area contributed by atoms with Gasteiger partial charge in [-0.15, -0.1) is 0 Å². The molecule has 2 heterocycles. The van der Waals surface area contributed by atoms with Gasteiger partial charge in [0.25, 0.3) is 0 Å². The lowest BCUT2D eigenvalue weighted by atomic mass is 9.85. The second kappa shape index (κ2) is 5.53. The smallest absolute Gasteiger partial charge is 0.0607 e. The highest BCUT2D eigenvalue weighted by Gasteiger charge is 2.37. The lowest BCUT2D eigenvalue weighted by molar-refractivity contribution is 0.182. The molecule has 2 unspecified atom stereocenters. The Hall–Kier alpha value is -1.64. The van der Waals surface area contributed by atoms with Crippen molar-refractivity contribution in [2.75, 3.05) is 33.7 Å². The van der Waals surface area contributed by atoms with Crippen LogP contribution in [0.4, 0.5) is 0 Å². The highest BCUT2D eigenvalue weighted by Crippen LogP contribution is 2.45. The highest BCUT2D eigenvalue weighted by molar-refractivity contribution is 5.48. The molecule has 2 bridgehead atoms. The average Bonchev–Trinajstić information content (AvgIpc) is 2.78. The Kier molecular flexibility index (Phi) is 3.51. The van der Waals surface area contributed by atoms with Gasteiger partial charge in [0.05, 0.1) is 6.04 Å². The van der Waals surface area contributed by atoms with E-state index in [1.807, 2.05) is 0 Å². The third kappa shape index (κ3) is 2.27. The number of fused-ring (bicyclic) bond motifs is 1. The first kappa shape index (κ1) is 14.0. The topological polar surface area (TPSA) is 6.48 Å². The van der Waals surface area contributed by atoms with Crippen LogP contribution in [0.3, 0.4) is 0 Å². The normalized spacial score (nSPS) is 23.2. The molecular formula is C20H24N2. The molecule has 22 heavy (non-hydrogen) atoms. The fourth-order valence-electron chi connectivity index (χ4n) is 4.16. The predicted molar refractivity (Wildman–Crippen MR) is 91.3 cm³/mol. The number of benzene rings is 2. The Labute approximate surface area is 133 Å². The van der Waals surface area contributed by atoms with Gasteiger partial charge in [0.1, 0.15) is 0 Å². The van der Waals surface area contributed by atoms with Crippen molar-refractivity contribution in [1.82, 2.24) is 9.80 Å². The molecule has 2 aromatic carbocycles. The first-order valence-corrected chi connectivity index (χ1v) is 8.29. The maximum Gasteiger partial charge on any atom is 0.0607 e. The van der Waals surface area contributed by atoms with E-state index in [1.54, 1.807) is 11.1 Å². The third-order valence-corrected chi connectivity index (χ3v) is 5.20. The van der Waals surface area contributed by atoms with Gasteiger partial charge in [-0.3, -0.25) is 4.90 Å². The summed E-state index contributed by atoms with van der Waals surface area (Å²) in [4.78, 5) is 4.98. The van der Waals surface area contributed by atoms with Crippen molar-refractivity contribution in [2.24, 2.45) is 0 Å². The van der Waals surface area contributed by atoms with Crippen LogP contribution in [0.2, 0.25) is 0 Å². The van der Waals surface area contributed by atoms with Crippen LogP contribution >= 0.6 is 0 Å². The molecule has 5 rings (SSSR count). The van der Waals surface area contributed by atoms with Gasteiger partial charge < -0.3 is 4.90 Å². The monoisotopic (exact) mass is 292 g/mol. The highest BCUT2D eigenvalue weighted by atomic mass is 15.2. The molecule has 2 atom stereocenters. The van der Waals surface area contributed by atoms with Crippen LogP contribution < -0.4 is 0 Å². The summed E-state index contributed by atoms with van der Waals surface area (Å²) in [5.74, 6) is 0.637. The summed E-state index contributed by atoms with van der Waals surface area (Å²) in [5, 5.41) is 0. The van der Waals surface area contributed by atoms with E-state index in [0.717, 1.165) is 13.1 Å². The first-order chi connectivity index (χ1) is 10.7. The fraction of sp³-hybridized carbons (Fsp3) is 0.400. The average molecular weight is 292 g/mol. The van der Waals surface area contributed by atoms with Gasteiger partial charge in [0.15, 0.2) is 0 Å². The van der Waals surface area contributed by atoms with Crippen LogP contribution in [0.5, 0.6) is 0 Å². The minimum absolute atomic E-state index is 0.436. The number of hydrogen-bond donors (Lipinski definition) is 0. The standard InChI is InChI=1S/C20H24N2/c1-21(2)11-12-22-14-16-13-15-7-3-4-9-18(15)20(22)19-10-6-5-8-17(16)19/h3-10,16,20H,11-14H2,1-2H3. The number of hydrogen-bond acceptors (Lipinski definition) is 2. The van der Waals surface area contributed by atoms with Gasteiger partial charge in [-0.25, -0.2) is 0 Å². The molecule has 1 aliphatic carbocycles. The summed E-state index contributed by atoms with van der Waals surface area (Å²) in [6, 6.07) is 18.6. The van der Waals surface area contributed by atoms with Crippen molar-refractivity contribution in [3.05, 3.63) is 70.8 Å². The zero-order valence-corrected chi connectivity index (χ0v) is 13.5. The molecule has 0 aromatic heterocycles. The van der Waals surface area contributed by atoms with Gasteiger partial charge in [0, 0.05) is 25.6 Å². The summed E-state index contributed by atoms with van der Waals surface area (Å²) in [6.45, 7) is 3.44. The van der Waals surface area contributed by atoms with Crippen molar-refractivity contribution in [3.8, 4) is 0 Å². The fourth-order valence-corrected chi connectivity index (χ4v) is 4.16. The van der Waals surface area contributed by atoms with E-state index in [9.17, 15) is 0 Å². The Morgan fingerprint density at radius 3 is 2.41 bits per heavy atom. The van der Waals surface area contributed by atoms with E-state index in [1.165, 1.54) is 24.1 Å². The van der Waals surface area contributed by atoms with Crippen molar-refractivity contribution >= 4 is 0 Å². The zero-order valence-electron chi connectivity index (χ0n) is 13.5. The van der Waals surface area contributed by atoms with Gasteiger partial charge in [-0.05, 0) is 42.8 Å². The van der Waals surface area contributed by atoms with Gasteiger partial charge in [-0.1, -0.05) is 48.5 Å². The Balaban J connectivity index is 1.81. The van der Waals surface area contributed by atoms with Crippen LogP contribution in [0.1, 0.15) is 34.2 Å². The molecule has 0 spiro atoms. The molecule has 0 radical (unpaired) electrons. The number of likely N-dealkylation sites (N-methyl/N-ethyl adjacent to an activating group) is 1. The summed E-state index contributed by atoms with van der Waals surface area (Å²) in [6.07, 6.45) is 1.18. The molecule has 3 aliphatic rings. The second-order valence-corrected chi connectivity index (χ2v) is 6.93. The van der Waals surface area contributed by atoms with E-state index < -0.39 is 0 Å². The van der Waals surface area contributed by atoms with Gasteiger partial charge in [-0.2, -0.15) is 0 Å². The second-order valence-electron chi connectivity index (χ2n) is 6.93. The summed E-state index contributed by atoms with van der Waals surface area (Å²) >= 11 is 0. The number of rotatable bonds is 3. The first-order valence-electron chi connectivity index (χ1n) is 8.29.